The van der Waals surface area contributed by atoms with Crippen LogP contribution < -0.4 is 10.2 Å². The second-order valence-corrected chi connectivity index (χ2v) is 5.50. The van der Waals surface area contributed by atoms with Gasteiger partial charge < -0.3 is 10.2 Å². The molecule has 4 nitrogen and oxygen atoms in total. The first-order chi connectivity index (χ1) is 9.92. The lowest BCUT2D eigenvalue weighted by Gasteiger charge is -2.23. The maximum atomic E-state index is 4.63. The minimum Gasteiger partial charge on any atom is -0.370 e. The Morgan fingerprint density at radius 3 is 2.19 bits per heavy atom. The molecule has 1 aromatic carbocycles. The van der Waals surface area contributed by atoms with Crippen LogP contribution in [0.5, 0.6) is 0 Å². The molecule has 4 heteroatoms. The Kier molecular flexibility index (Phi) is 4.46. The summed E-state index contributed by atoms with van der Waals surface area (Å²) in [6, 6.07) is 6.53. The van der Waals surface area contributed by atoms with Crippen LogP contribution in [0.2, 0.25) is 0 Å². The third kappa shape index (κ3) is 3.32. The molecule has 21 heavy (non-hydrogen) atoms. The highest BCUT2D eigenvalue weighted by atomic mass is 15.2. The fourth-order valence-electron chi connectivity index (χ4n) is 2.55. The zero-order valence-corrected chi connectivity index (χ0v) is 13.8. The van der Waals surface area contributed by atoms with Crippen LogP contribution in [0.3, 0.4) is 0 Å². The maximum Gasteiger partial charge on any atom is 0.141 e. The highest BCUT2D eigenvalue weighted by Crippen LogP contribution is 2.29. The first-order valence-corrected chi connectivity index (χ1v) is 7.33. The number of hydrogen-bond donors (Lipinski definition) is 1. The number of nitrogens with zero attached hydrogens (tertiary/aromatic N) is 3. The zero-order valence-electron chi connectivity index (χ0n) is 13.8. The summed E-state index contributed by atoms with van der Waals surface area (Å²) in [7, 11) is 2.05. The van der Waals surface area contributed by atoms with E-state index in [1.165, 1.54) is 11.1 Å². The van der Waals surface area contributed by atoms with E-state index in [0.29, 0.717) is 0 Å². The standard InChI is InChI=1S/C17H24N4/c1-7-18-16-13(4)17(20-14(5)19-16)21(6)15-9-11(2)8-12(3)10-15/h8-10H,7H2,1-6H3,(H,18,19,20). The number of rotatable bonds is 4. The van der Waals surface area contributed by atoms with Crippen molar-refractivity contribution in [2.75, 3.05) is 23.8 Å². The maximum absolute atomic E-state index is 4.63. The molecule has 0 bridgehead atoms. The molecule has 2 rings (SSSR count). The molecule has 1 N–H and O–H groups in total. The molecule has 0 aliphatic carbocycles. The number of aryl methyl sites for hydroxylation is 3. The van der Waals surface area contributed by atoms with Gasteiger partial charge in [0.05, 0.1) is 0 Å². The van der Waals surface area contributed by atoms with Crippen LogP contribution in [0.4, 0.5) is 17.3 Å². The van der Waals surface area contributed by atoms with E-state index >= 15 is 0 Å². The van der Waals surface area contributed by atoms with Gasteiger partial charge in [0.25, 0.3) is 0 Å². The largest absolute Gasteiger partial charge is 0.370 e. The summed E-state index contributed by atoms with van der Waals surface area (Å²) in [5.41, 5.74) is 4.74. The first kappa shape index (κ1) is 15.3. The van der Waals surface area contributed by atoms with E-state index in [-0.39, 0.29) is 0 Å². The number of aromatic nitrogens is 2. The average Bonchev–Trinajstić information content (AvgIpc) is 2.41. The van der Waals surface area contributed by atoms with Gasteiger partial charge in [0.1, 0.15) is 17.5 Å². The third-order valence-corrected chi connectivity index (χ3v) is 3.49. The van der Waals surface area contributed by atoms with Crippen molar-refractivity contribution in [3.8, 4) is 0 Å². The summed E-state index contributed by atoms with van der Waals surface area (Å²) in [4.78, 5) is 11.2. The number of nitrogens with one attached hydrogen (secondary N) is 1. The molecule has 0 unspecified atom stereocenters. The SMILES string of the molecule is CCNc1nc(C)nc(N(C)c2cc(C)cc(C)c2)c1C. The van der Waals surface area contributed by atoms with Crippen molar-refractivity contribution in [3.05, 3.63) is 40.7 Å². The van der Waals surface area contributed by atoms with Crippen LogP contribution in [-0.4, -0.2) is 23.6 Å². The molecular weight excluding hydrogens is 260 g/mol. The van der Waals surface area contributed by atoms with Crippen molar-refractivity contribution in [1.82, 2.24) is 9.97 Å². The second kappa shape index (κ2) is 6.12. The van der Waals surface area contributed by atoms with Gasteiger partial charge >= 0.3 is 0 Å². The topological polar surface area (TPSA) is 41.1 Å². The summed E-state index contributed by atoms with van der Waals surface area (Å²) in [6.45, 7) is 11.2. The van der Waals surface area contributed by atoms with Gasteiger partial charge in [0.2, 0.25) is 0 Å². The predicted octanol–water partition coefficient (Wildman–Crippen LogP) is 3.91. The van der Waals surface area contributed by atoms with E-state index in [1.54, 1.807) is 0 Å². The lowest BCUT2D eigenvalue weighted by molar-refractivity contribution is 0.981. The van der Waals surface area contributed by atoms with Crippen molar-refractivity contribution >= 4 is 17.3 Å². The second-order valence-electron chi connectivity index (χ2n) is 5.50. The fraction of sp³-hybridized carbons (Fsp3) is 0.412. The Morgan fingerprint density at radius 2 is 1.62 bits per heavy atom. The van der Waals surface area contributed by atoms with Gasteiger partial charge in [0, 0.05) is 24.8 Å². The molecule has 0 fully saturated rings. The van der Waals surface area contributed by atoms with Crippen LogP contribution in [0.1, 0.15) is 29.4 Å². The van der Waals surface area contributed by atoms with E-state index in [9.17, 15) is 0 Å². The summed E-state index contributed by atoms with van der Waals surface area (Å²) in [6.07, 6.45) is 0. The van der Waals surface area contributed by atoms with Crippen LogP contribution in [0.25, 0.3) is 0 Å². The van der Waals surface area contributed by atoms with Crippen molar-refractivity contribution < 1.29 is 0 Å². The van der Waals surface area contributed by atoms with Crippen LogP contribution in [0.15, 0.2) is 18.2 Å². The average molecular weight is 284 g/mol. The number of anilines is 3. The Balaban J connectivity index is 2.49. The third-order valence-electron chi connectivity index (χ3n) is 3.49. The molecule has 0 saturated heterocycles. The van der Waals surface area contributed by atoms with Gasteiger partial charge in [-0.3, -0.25) is 0 Å². The minimum atomic E-state index is 0.780. The Labute approximate surface area is 127 Å². The Hall–Kier alpha value is -2.10. The summed E-state index contributed by atoms with van der Waals surface area (Å²) < 4.78 is 0. The van der Waals surface area contributed by atoms with Gasteiger partial charge in [0.15, 0.2) is 0 Å². The highest BCUT2D eigenvalue weighted by Gasteiger charge is 2.14. The van der Waals surface area contributed by atoms with Gasteiger partial charge in [-0.15, -0.1) is 0 Å². The molecule has 0 aliphatic rings. The van der Waals surface area contributed by atoms with E-state index < -0.39 is 0 Å². The molecule has 0 radical (unpaired) electrons. The van der Waals surface area contributed by atoms with Crippen molar-refractivity contribution in [2.24, 2.45) is 0 Å². The first-order valence-electron chi connectivity index (χ1n) is 7.33. The molecule has 0 atom stereocenters. The van der Waals surface area contributed by atoms with Crippen LogP contribution in [-0.2, 0) is 0 Å². The lowest BCUT2D eigenvalue weighted by Crippen LogP contribution is -2.16. The monoisotopic (exact) mass is 284 g/mol. The Morgan fingerprint density at radius 1 is 1.00 bits per heavy atom. The molecule has 0 saturated carbocycles. The zero-order chi connectivity index (χ0) is 15.6. The smallest absolute Gasteiger partial charge is 0.141 e. The van der Waals surface area contributed by atoms with E-state index in [2.05, 4.69) is 73.1 Å². The van der Waals surface area contributed by atoms with Crippen LogP contribution >= 0.6 is 0 Å². The molecule has 0 spiro atoms. The predicted molar refractivity (Wildman–Crippen MR) is 89.6 cm³/mol. The molecule has 0 amide bonds. The van der Waals surface area contributed by atoms with E-state index in [1.807, 2.05) is 6.92 Å². The van der Waals surface area contributed by atoms with Gasteiger partial charge in [-0.2, -0.15) is 0 Å². The summed E-state index contributed by atoms with van der Waals surface area (Å²) in [5, 5.41) is 3.31. The van der Waals surface area contributed by atoms with Crippen molar-refractivity contribution in [1.29, 1.82) is 0 Å². The molecule has 0 aliphatic heterocycles. The van der Waals surface area contributed by atoms with Gasteiger partial charge in [-0.05, 0) is 57.9 Å². The fourth-order valence-corrected chi connectivity index (χ4v) is 2.55. The molecule has 1 heterocycles. The quantitative estimate of drug-likeness (QED) is 0.924. The van der Waals surface area contributed by atoms with E-state index in [0.717, 1.165) is 35.3 Å². The van der Waals surface area contributed by atoms with Crippen molar-refractivity contribution in [2.45, 2.75) is 34.6 Å². The molecule has 2 aromatic rings. The summed E-state index contributed by atoms with van der Waals surface area (Å²) >= 11 is 0. The van der Waals surface area contributed by atoms with E-state index in [4.69, 9.17) is 0 Å². The molecule has 1 aromatic heterocycles. The number of benzene rings is 1. The lowest BCUT2D eigenvalue weighted by atomic mass is 10.1. The molecular formula is C17H24N4. The van der Waals surface area contributed by atoms with Gasteiger partial charge in [-0.25, -0.2) is 9.97 Å². The van der Waals surface area contributed by atoms with Crippen LogP contribution in [0, 0.1) is 27.7 Å². The molecule has 112 valence electrons. The van der Waals surface area contributed by atoms with Gasteiger partial charge in [-0.1, -0.05) is 6.07 Å². The van der Waals surface area contributed by atoms with Crippen molar-refractivity contribution in [3.63, 3.8) is 0 Å². The highest BCUT2D eigenvalue weighted by molar-refractivity contribution is 5.67. The normalized spacial score (nSPS) is 10.6. The Bertz CT molecular complexity index is 629. The summed E-state index contributed by atoms with van der Waals surface area (Å²) in [5.74, 6) is 2.64. The number of hydrogen-bond acceptors (Lipinski definition) is 4. The minimum absolute atomic E-state index is 0.780.